The Morgan fingerprint density at radius 1 is 1.40 bits per heavy atom. The molecule has 0 aliphatic carbocycles. The minimum atomic E-state index is 0.359. The number of rotatable bonds is 6. The summed E-state index contributed by atoms with van der Waals surface area (Å²) in [4.78, 5) is 2.42. The van der Waals surface area contributed by atoms with Crippen molar-refractivity contribution in [3.8, 4) is 5.75 Å². The number of nitrogens with zero attached hydrogens (tertiary/aromatic N) is 1. The van der Waals surface area contributed by atoms with Crippen molar-refractivity contribution in [3.05, 3.63) is 29.8 Å². The molecule has 0 radical (unpaired) electrons. The van der Waals surface area contributed by atoms with Crippen LogP contribution in [-0.2, 0) is 4.74 Å². The average molecular weight is 278 g/mol. The highest BCUT2D eigenvalue weighted by atomic mass is 16.5. The maximum atomic E-state index is 5.88. The Hall–Kier alpha value is -1.10. The first kappa shape index (κ1) is 15.3. The number of hydrogen-bond acceptors (Lipinski definition) is 4. The molecule has 2 unspecified atom stereocenters. The molecule has 0 amide bonds. The van der Waals surface area contributed by atoms with E-state index in [4.69, 9.17) is 15.2 Å². The Labute approximate surface area is 121 Å². The van der Waals surface area contributed by atoms with Gasteiger partial charge in [0, 0.05) is 32.8 Å². The van der Waals surface area contributed by atoms with E-state index >= 15 is 0 Å². The van der Waals surface area contributed by atoms with Crippen LogP contribution in [0.25, 0.3) is 0 Å². The van der Waals surface area contributed by atoms with Gasteiger partial charge in [-0.05, 0) is 37.5 Å². The zero-order chi connectivity index (χ0) is 14.4. The molecule has 1 fully saturated rings. The van der Waals surface area contributed by atoms with Gasteiger partial charge in [-0.25, -0.2) is 0 Å². The highest BCUT2D eigenvalue weighted by molar-refractivity contribution is 5.27. The van der Waals surface area contributed by atoms with Gasteiger partial charge in [-0.15, -0.1) is 0 Å². The first-order valence-corrected chi connectivity index (χ1v) is 7.39. The molecule has 2 rings (SSSR count). The molecule has 0 saturated carbocycles. The molecule has 4 nitrogen and oxygen atoms in total. The lowest BCUT2D eigenvalue weighted by Crippen LogP contribution is -2.49. The third-order valence-electron chi connectivity index (χ3n) is 4.03. The number of ether oxygens (including phenoxy) is 2. The molecule has 0 spiro atoms. The van der Waals surface area contributed by atoms with Gasteiger partial charge < -0.3 is 15.2 Å². The summed E-state index contributed by atoms with van der Waals surface area (Å²) in [5.41, 5.74) is 7.10. The number of methoxy groups -OCH3 is 1. The van der Waals surface area contributed by atoms with Gasteiger partial charge in [-0.3, -0.25) is 4.90 Å². The van der Waals surface area contributed by atoms with E-state index in [1.54, 1.807) is 7.11 Å². The summed E-state index contributed by atoms with van der Waals surface area (Å²) in [7, 11) is 1.79. The minimum Gasteiger partial charge on any atom is -0.492 e. The van der Waals surface area contributed by atoms with Crippen molar-refractivity contribution in [2.45, 2.75) is 31.9 Å². The van der Waals surface area contributed by atoms with Crippen LogP contribution in [0.15, 0.2) is 24.3 Å². The summed E-state index contributed by atoms with van der Waals surface area (Å²) in [5, 5.41) is 0. The Morgan fingerprint density at radius 3 is 2.95 bits per heavy atom. The smallest absolute Gasteiger partial charge is 0.119 e. The van der Waals surface area contributed by atoms with Gasteiger partial charge in [0.1, 0.15) is 12.4 Å². The zero-order valence-corrected chi connectivity index (χ0v) is 12.5. The van der Waals surface area contributed by atoms with Crippen molar-refractivity contribution < 1.29 is 9.47 Å². The molecule has 1 aliphatic rings. The van der Waals surface area contributed by atoms with Crippen LogP contribution < -0.4 is 10.5 Å². The third-order valence-corrected chi connectivity index (χ3v) is 4.03. The number of benzene rings is 1. The number of nitrogens with two attached hydrogens (primary N) is 1. The highest BCUT2D eigenvalue weighted by Gasteiger charge is 2.27. The van der Waals surface area contributed by atoms with Gasteiger partial charge in [-0.2, -0.15) is 0 Å². The fraction of sp³-hybridized carbons (Fsp3) is 0.625. The van der Waals surface area contributed by atoms with Crippen LogP contribution in [0.5, 0.6) is 5.75 Å². The van der Waals surface area contributed by atoms with E-state index in [0.29, 0.717) is 25.3 Å². The summed E-state index contributed by atoms with van der Waals surface area (Å²) in [5.74, 6) is 0.945. The van der Waals surface area contributed by atoms with Crippen molar-refractivity contribution in [3.63, 3.8) is 0 Å². The van der Waals surface area contributed by atoms with Crippen molar-refractivity contribution in [2.24, 2.45) is 5.73 Å². The lowest BCUT2D eigenvalue weighted by Gasteiger charge is -2.38. The molecule has 1 aliphatic heterocycles. The van der Waals surface area contributed by atoms with Crippen LogP contribution in [0.4, 0.5) is 0 Å². The minimum absolute atomic E-state index is 0.359. The van der Waals surface area contributed by atoms with E-state index in [0.717, 1.165) is 31.7 Å². The first-order chi connectivity index (χ1) is 9.72. The SMILES string of the molecule is COC1CCN(CCOc2cccc(C)c2)C(CN)C1. The fourth-order valence-corrected chi connectivity index (χ4v) is 2.80. The predicted molar refractivity (Wildman–Crippen MR) is 81.1 cm³/mol. The summed E-state index contributed by atoms with van der Waals surface area (Å²) < 4.78 is 11.3. The van der Waals surface area contributed by atoms with Gasteiger partial charge >= 0.3 is 0 Å². The number of piperidine rings is 1. The molecule has 0 aromatic heterocycles. The number of aryl methyl sites for hydroxylation is 1. The molecule has 1 saturated heterocycles. The summed E-state index contributed by atoms with van der Waals surface area (Å²) in [6, 6.07) is 8.58. The maximum Gasteiger partial charge on any atom is 0.119 e. The summed E-state index contributed by atoms with van der Waals surface area (Å²) in [6.45, 7) is 5.43. The summed E-state index contributed by atoms with van der Waals surface area (Å²) in [6.07, 6.45) is 2.46. The molecule has 112 valence electrons. The van der Waals surface area contributed by atoms with Gasteiger partial charge in [0.2, 0.25) is 0 Å². The normalized spacial score (nSPS) is 23.8. The van der Waals surface area contributed by atoms with Crippen molar-refractivity contribution in [2.75, 3.05) is 33.4 Å². The molecule has 1 aromatic rings. The summed E-state index contributed by atoms with van der Waals surface area (Å²) >= 11 is 0. The van der Waals surface area contributed by atoms with Crippen LogP contribution in [0.1, 0.15) is 18.4 Å². The quantitative estimate of drug-likeness (QED) is 0.862. The molecule has 1 aromatic carbocycles. The second-order valence-corrected chi connectivity index (χ2v) is 5.47. The zero-order valence-electron chi connectivity index (χ0n) is 12.5. The van der Waals surface area contributed by atoms with Crippen LogP contribution in [0, 0.1) is 6.92 Å². The van der Waals surface area contributed by atoms with E-state index in [1.165, 1.54) is 5.56 Å². The van der Waals surface area contributed by atoms with Crippen LogP contribution in [-0.4, -0.2) is 50.4 Å². The Morgan fingerprint density at radius 2 is 2.25 bits per heavy atom. The highest BCUT2D eigenvalue weighted by Crippen LogP contribution is 2.19. The lowest BCUT2D eigenvalue weighted by molar-refractivity contribution is 0.00923. The topological polar surface area (TPSA) is 47.7 Å². The van der Waals surface area contributed by atoms with Crippen LogP contribution in [0.3, 0.4) is 0 Å². The number of hydrogen-bond donors (Lipinski definition) is 1. The first-order valence-electron chi connectivity index (χ1n) is 7.39. The Balaban J connectivity index is 1.78. The Kier molecular flexibility index (Phi) is 5.83. The Bertz CT molecular complexity index is 411. The number of likely N-dealkylation sites (tertiary alicyclic amines) is 1. The van der Waals surface area contributed by atoms with Gasteiger partial charge in [-0.1, -0.05) is 12.1 Å². The average Bonchev–Trinajstić information content (AvgIpc) is 2.47. The third kappa shape index (κ3) is 4.20. The standard InChI is InChI=1S/C16H26N2O2/c1-13-4-3-5-16(10-13)20-9-8-18-7-6-15(19-2)11-14(18)12-17/h3-5,10,14-15H,6-9,11-12,17H2,1-2H3. The largest absolute Gasteiger partial charge is 0.492 e. The van der Waals surface area contributed by atoms with Gasteiger partial charge in [0.15, 0.2) is 0 Å². The van der Waals surface area contributed by atoms with Crippen molar-refractivity contribution >= 4 is 0 Å². The van der Waals surface area contributed by atoms with Gasteiger partial charge in [0.25, 0.3) is 0 Å². The molecule has 1 heterocycles. The monoisotopic (exact) mass is 278 g/mol. The molecular formula is C16H26N2O2. The van der Waals surface area contributed by atoms with Crippen LogP contribution in [0.2, 0.25) is 0 Å². The second-order valence-electron chi connectivity index (χ2n) is 5.47. The van der Waals surface area contributed by atoms with Crippen molar-refractivity contribution in [1.29, 1.82) is 0 Å². The van der Waals surface area contributed by atoms with E-state index in [2.05, 4.69) is 24.0 Å². The maximum absolute atomic E-state index is 5.88. The van der Waals surface area contributed by atoms with E-state index in [1.807, 2.05) is 12.1 Å². The lowest BCUT2D eigenvalue weighted by atomic mass is 9.99. The van der Waals surface area contributed by atoms with Crippen LogP contribution >= 0.6 is 0 Å². The van der Waals surface area contributed by atoms with E-state index in [-0.39, 0.29) is 0 Å². The molecule has 2 atom stereocenters. The van der Waals surface area contributed by atoms with Gasteiger partial charge in [0.05, 0.1) is 6.10 Å². The van der Waals surface area contributed by atoms with E-state index in [9.17, 15) is 0 Å². The second kappa shape index (κ2) is 7.62. The molecule has 0 bridgehead atoms. The van der Waals surface area contributed by atoms with Crippen molar-refractivity contribution in [1.82, 2.24) is 4.90 Å². The molecule has 4 heteroatoms. The molecule has 2 N–H and O–H groups in total. The predicted octanol–water partition coefficient (Wildman–Crippen LogP) is 1.81. The molecular weight excluding hydrogens is 252 g/mol. The molecule has 20 heavy (non-hydrogen) atoms. The fourth-order valence-electron chi connectivity index (χ4n) is 2.80. The van der Waals surface area contributed by atoms with E-state index < -0.39 is 0 Å².